The van der Waals surface area contributed by atoms with Gasteiger partial charge in [0.25, 0.3) is 0 Å². The Morgan fingerprint density at radius 3 is 2.15 bits per heavy atom. The van der Waals surface area contributed by atoms with Gasteiger partial charge in [-0.15, -0.1) is 0 Å². The number of nitrogens with one attached hydrogen (secondary N) is 1. The summed E-state index contributed by atoms with van der Waals surface area (Å²) in [5, 5.41) is 3.74. The Labute approximate surface area is 166 Å². The van der Waals surface area contributed by atoms with E-state index in [1.807, 2.05) is 0 Å². The molecule has 1 N–H and O–H groups in total. The Morgan fingerprint density at radius 1 is 0.667 bits per heavy atom. The minimum atomic E-state index is 0.739. The maximum Gasteiger partial charge on any atom is 0.0387 e. The Hall–Kier alpha value is -1.50. The van der Waals surface area contributed by atoms with E-state index in [0.717, 1.165) is 11.8 Å². The second-order valence-electron chi connectivity index (χ2n) is 9.03. The van der Waals surface area contributed by atoms with Gasteiger partial charge < -0.3 is 5.32 Å². The molecule has 0 saturated heterocycles. The van der Waals surface area contributed by atoms with Crippen LogP contribution in [0.1, 0.15) is 88.2 Å². The van der Waals surface area contributed by atoms with Crippen LogP contribution in [0.15, 0.2) is 42.1 Å². The van der Waals surface area contributed by atoms with Crippen LogP contribution in [0.3, 0.4) is 0 Å². The Morgan fingerprint density at radius 2 is 1.33 bits per heavy atom. The number of fused-ring (bicyclic) bond motifs is 2. The predicted octanol–water partition coefficient (Wildman–Crippen LogP) is 7.58. The van der Waals surface area contributed by atoms with Crippen molar-refractivity contribution in [1.82, 2.24) is 0 Å². The van der Waals surface area contributed by atoms with Crippen LogP contribution in [0.4, 0.5) is 5.69 Å². The third kappa shape index (κ3) is 5.27. The zero-order valence-corrected chi connectivity index (χ0v) is 17.0. The lowest BCUT2D eigenvalue weighted by atomic mass is 9.81. The molecule has 0 bridgehead atoms. The molecule has 0 spiro atoms. The van der Waals surface area contributed by atoms with Gasteiger partial charge in [0.1, 0.15) is 0 Å². The second-order valence-corrected chi connectivity index (χ2v) is 9.03. The zero-order chi connectivity index (χ0) is 18.3. The van der Waals surface area contributed by atoms with Gasteiger partial charge in [-0.2, -0.15) is 0 Å². The first-order chi connectivity index (χ1) is 13.4. The molecule has 0 aliphatic heterocycles. The molecule has 1 heteroatoms. The molecular weight excluding hydrogens is 326 g/mol. The second kappa shape index (κ2) is 9.62. The lowest BCUT2D eigenvalue weighted by Gasteiger charge is -2.26. The number of hydrogen-bond donors (Lipinski definition) is 1. The van der Waals surface area contributed by atoms with Gasteiger partial charge in [0.15, 0.2) is 0 Å². The highest BCUT2D eigenvalue weighted by Crippen LogP contribution is 2.34. The van der Waals surface area contributed by atoms with Gasteiger partial charge in [-0.25, -0.2) is 0 Å². The average Bonchev–Trinajstić information content (AvgIpc) is 2.87. The molecule has 3 aliphatic rings. The zero-order valence-electron chi connectivity index (χ0n) is 17.0. The molecule has 2 atom stereocenters. The van der Waals surface area contributed by atoms with Crippen molar-refractivity contribution in [2.45, 2.75) is 89.9 Å². The van der Waals surface area contributed by atoms with Crippen molar-refractivity contribution in [1.29, 1.82) is 0 Å². The maximum atomic E-state index is 3.74. The van der Waals surface area contributed by atoms with Crippen molar-refractivity contribution in [3.63, 3.8) is 0 Å². The number of hydrogen-bond acceptors (Lipinski definition) is 1. The van der Waals surface area contributed by atoms with Crippen molar-refractivity contribution < 1.29 is 0 Å². The maximum absolute atomic E-state index is 3.74. The van der Waals surface area contributed by atoms with E-state index in [2.05, 4.69) is 41.7 Å². The molecule has 27 heavy (non-hydrogen) atoms. The molecule has 0 aromatic heterocycles. The molecule has 1 saturated carbocycles. The van der Waals surface area contributed by atoms with Crippen molar-refractivity contribution >= 4 is 5.69 Å². The normalized spacial score (nSPS) is 26.7. The van der Waals surface area contributed by atoms with Gasteiger partial charge in [0.05, 0.1) is 0 Å². The third-order valence-electron chi connectivity index (χ3n) is 6.93. The fourth-order valence-electron chi connectivity index (χ4n) is 5.27. The van der Waals surface area contributed by atoms with E-state index in [0.29, 0.717) is 0 Å². The molecule has 1 nitrogen and oxygen atoms in total. The van der Waals surface area contributed by atoms with Crippen LogP contribution in [0.5, 0.6) is 0 Å². The van der Waals surface area contributed by atoms with E-state index in [4.69, 9.17) is 0 Å². The monoisotopic (exact) mass is 363 g/mol. The highest BCUT2D eigenvalue weighted by Gasteiger charge is 2.21. The number of benzene rings is 1. The minimum Gasteiger partial charge on any atom is -0.356 e. The van der Waals surface area contributed by atoms with E-state index in [1.165, 1.54) is 101 Å². The Bertz CT molecular complexity index is 669. The fraction of sp³-hybridized carbons (Fsp3) is 0.615. The molecule has 1 aromatic rings. The van der Waals surface area contributed by atoms with Gasteiger partial charge in [-0.3, -0.25) is 0 Å². The predicted molar refractivity (Wildman–Crippen MR) is 117 cm³/mol. The molecule has 3 aliphatic carbocycles. The Kier molecular flexibility index (Phi) is 6.72. The Balaban J connectivity index is 1.46. The summed E-state index contributed by atoms with van der Waals surface area (Å²) >= 11 is 0. The van der Waals surface area contributed by atoms with Crippen molar-refractivity contribution in [3.8, 4) is 0 Å². The van der Waals surface area contributed by atoms with Gasteiger partial charge in [-0.1, -0.05) is 69.6 Å². The molecule has 146 valence electrons. The number of anilines is 1. The summed E-state index contributed by atoms with van der Waals surface area (Å²) in [4.78, 5) is 0. The lowest BCUT2D eigenvalue weighted by Crippen LogP contribution is -2.16. The van der Waals surface area contributed by atoms with Crippen LogP contribution in [-0.4, -0.2) is 0 Å². The first-order valence-corrected chi connectivity index (χ1v) is 11.7. The first-order valence-electron chi connectivity index (χ1n) is 11.7. The van der Waals surface area contributed by atoms with Gasteiger partial charge in [0.2, 0.25) is 0 Å². The highest BCUT2D eigenvalue weighted by molar-refractivity contribution is 5.55. The van der Waals surface area contributed by atoms with Crippen LogP contribution in [0.25, 0.3) is 0 Å². The first kappa shape index (κ1) is 18.8. The van der Waals surface area contributed by atoms with Crippen molar-refractivity contribution in [2.75, 3.05) is 5.32 Å². The van der Waals surface area contributed by atoms with Crippen molar-refractivity contribution in [2.24, 2.45) is 11.8 Å². The van der Waals surface area contributed by atoms with Crippen LogP contribution in [0, 0.1) is 11.8 Å². The van der Waals surface area contributed by atoms with E-state index in [9.17, 15) is 0 Å². The highest BCUT2D eigenvalue weighted by atomic mass is 14.9. The molecule has 0 radical (unpaired) electrons. The number of aryl methyl sites for hydroxylation is 2. The lowest BCUT2D eigenvalue weighted by molar-refractivity contribution is 0.407. The van der Waals surface area contributed by atoms with Crippen LogP contribution < -0.4 is 5.32 Å². The molecular formula is C26H37N. The van der Waals surface area contributed by atoms with Crippen LogP contribution in [-0.2, 0) is 12.8 Å². The molecule has 0 amide bonds. The van der Waals surface area contributed by atoms with Gasteiger partial charge in [-0.05, 0) is 79.7 Å². The van der Waals surface area contributed by atoms with E-state index >= 15 is 0 Å². The average molecular weight is 364 g/mol. The topological polar surface area (TPSA) is 12.0 Å². The number of rotatable bonds is 2. The summed E-state index contributed by atoms with van der Waals surface area (Å²) in [7, 11) is 0. The summed E-state index contributed by atoms with van der Waals surface area (Å²) in [6.45, 7) is 0. The quantitative estimate of drug-likeness (QED) is 0.571. The standard InChI is InChI=1S/C26H37N/c1-3-7-11-21-15-17-25(19-23(21)13-9-5-1)27-26-18-16-22-12-8-4-2-6-10-14-24(22)20-26/h15-21,23,27H,1-14H2. The summed E-state index contributed by atoms with van der Waals surface area (Å²) < 4.78 is 0. The van der Waals surface area contributed by atoms with E-state index in [1.54, 1.807) is 11.1 Å². The van der Waals surface area contributed by atoms with Crippen molar-refractivity contribution in [3.05, 3.63) is 53.3 Å². The SMILES string of the molecule is C1=CC2CCCCCCCC2C=C1Nc1ccc2c(c1)CCCCCCC2. The summed E-state index contributed by atoms with van der Waals surface area (Å²) in [5.41, 5.74) is 5.78. The molecule has 1 fully saturated rings. The van der Waals surface area contributed by atoms with E-state index in [-0.39, 0.29) is 0 Å². The summed E-state index contributed by atoms with van der Waals surface area (Å²) in [6, 6.07) is 7.13. The van der Waals surface area contributed by atoms with Gasteiger partial charge in [0, 0.05) is 11.4 Å². The smallest absolute Gasteiger partial charge is 0.0387 e. The summed E-state index contributed by atoms with van der Waals surface area (Å²) in [6.07, 6.45) is 26.7. The molecule has 4 rings (SSSR count). The fourth-order valence-corrected chi connectivity index (χ4v) is 5.27. The van der Waals surface area contributed by atoms with Crippen LogP contribution in [0.2, 0.25) is 0 Å². The van der Waals surface area contributed by atoms with Crippen LogP contribution >= 0.6 is 0 Å². The molecule has 0 heterocycles. The largest absolute Gasteiger partial charge is 0.356 e. The minimum absolute atomic E-state index is 0.739. The molecule has 1 aromatic carbocycles. The number of allylic oxidation sites excluding steroid dienone is 3. The third-order valence-corrected chi connectivity index (χ3v) is 6.93. The van der Waals surface area contributed by atoms with E-state index < -0.39 is 0 Å². The molecule has 2 unspecified atom stereocenters. The van der Waals surface area contributed by atoms with Gasteiger partial charge >= 0.3 is 0 Å². The summed E-state index contributed by atoms with van der Waals surface area (Å²) in [5.74, 6) is 1.51.